The molecule has 0 aromatic carbocycles. The normalized spacial score (nSPS) is 39.2. The summed E-state index contributed by atoms with van der Waals surface area (Å²) in [6.07, 6.45) is 7.45. The van der Waals surface area contributed by atoms with E-state index < -0.39 is 10.1 Å². The molecular weight excluding hydrogens is 546 g/mol. The van der Waals surface area contributed by atoms with Crippen LogP contribution >= 0.6 is 11.3 Å². The number of aliphatic hydroxyl groups is 1. The van der Waals surface area contributed by atoms with Crippen molar-refractivity contribution in [1.29, 1.82) is 0 Å². The van der Waals surface area contributed by atoms with Crippen LogP contribution in [0.4, 0.5) is 0 Å². The van der Waals surface area contributed by atoms with E-state index in [1.165, 1.54) is 6.07 Å². The van der Waals surface area contributed by atoms with Gasteiger partial charge in [0.15, 0.2) is 0 Å². The van der Waals surface area contributed by atoms with Crippen molar-refractivity contribution in [3.05, 3.63) is 17.0 Å². The van der Waals surface area contributed by atoms with Crippen LogP contribution in [-0.4, -0.2) is 35.9 Å². The Morgan fingerprint density at radius 1 is 1.10 bits per heavy atom. The molecule has 1 amide bonds. The van der Waals surface area contributed by atoms with Crippen molar-refractivity contribution >= 4 is 33.1 Å². The van der Waals surface area contributed by atoms with Gasteiger partial charge in [-0.15, -0.1) is 11.3 Å². The standard InChI is InChI=1S/C31H47NO6S2/c1-17(2)29(25-8-9-27(39-25)40(36,37)38)32-26(35)14-18(3)21-6-7-22-28-23(11-13-31(21,22)5)30(4)12-10-20(33)15-19(30)16-24(28)34/h8-9,17-19,21-24,28-29,34H,6-7,10-16H2,1-5H3,(H,32,35)(H,36,37,38)/t18-,19?,21?,22+,23+,24-,28?,29+,30?,31?/m1/s1. The Labute approximate surface area is 243 Å². The highest BCUT2D eigenvalue weighted by Crippen LogP contribution is 2.68. The molecule has 9 heteroatoms. The number of hydrogen-bond donors (Lipinski definition) is 3. The molecule has 0 aliphatic heterocycles. The fraction of sp³-hybridized carbons (Fsp3) is 0.806. The lowest BCUT2D eigenvalue weighted by Crippen LogP contribution is -2.58. The molecule has 1 heterocycles. The molecule has 224 valence electrons. The molecule has 7 nitrogen and oxygen atoms in total. The van der Waals surface area contributed by atoms with Crippen LogP contribution in [0.5, 0.6) is 0 Å². The Morgan fingerprint density at radius 2 is 1.80 bits per heavy atom. The average Bonchev–Trinajstić information content (AvgIpc) is 3.48. The number of carbonyl (C=O) groups is 2. The third kappa shape index (κ3) is 5.22. The van der Waals surface area contributed by atoms with E-state index in [0.29, 0.717) is 48.7 Å². The summed E-state index contributed by atoms with van der Waals surface area (Å²) < 4.78 is 32.4. The number of fused-ring (bicyclic) bond motifs is 5. The predicted octanol–water partition coefficient (Wildman–Crippen LogP) is 6.03. The monoisotopic (exact) mass is 593 g/mol. The van der Waals surface area contributed by atoms with Gasteiger partial charge in [-0.3, -0.25) is 14.1 Å². The molecule has 4 fully saturated rings. The number of carbonyl (C=O) groups excluding carboxylic acids is 2. The maximum absolute atomic E-state index is 13.3. The Hall–Kier alpha value is -1.29. The lowest BCUT2D eigenvalue weighted by molar-refractivity contribution is -0.169. The first kappa shape index (κ1) is 30.2. The summed E-state index contributed by atoms with van der Waals surface area (Å²) in [5, 5.41) is 14.6. The van der Waals surface area contributed by atoms with Crippen molar-refractivity contribution in [2.45, 2.75) is 109 Å². The van der Waals surface area contributed by atoms with Crippen molar-refractivity contribution in [2.24, 2.45) is 52.3 Å². The van der Waals surface area contributed by atoms with E-state index >= 15 is 0 Å². The molecule has 0 spiro atoms. The minimum Gasteiger partial charge on any atom is -0.393 e. The molecule has 0 bridgehead atoms. The fourth-order valence-electron chi connectivity index (χ4n) is 9.86. The molecule has 0 saturated heterocycles. The van der Waals surface area contributed by atoms with E-state index in [-0.39, 0.29) is 50.8 Å². The Balaban J connectivity index is 1.27. The van der Waals surface area contributed by atoms with Crippen LogP contribution in [0.1, 0.15) is 103 Å². The van der Waals surface area contributed by atoms with Gasteiger partial charge >= 0.3 is 10.1 Å². The van der Waals surface area contributed by atoms with Crippen molar-refractivity contribution in [3.63, 3.8) is 0 Å². The van der Waals surface area contributed by atoms with Gasteiger partial charge in [0, 0.05) is 24.1 Å². The molecule has 1 aromatic rings. The zero-order valence-electron chi connectivity index (χ0n) is 24.6. The second-order valence-electron chi connectivity index (χ2n) is 14.4. The highest BCUT2D eigenvalue weighted by molar-refractivity contribution is 7.88. The zero-order chi connectivity index (χ0) is 29.2. The van der Waals surface area contributed by atoms with E-state index in [1.54, 1.807) is 6.07 Å². The van der Waals surface area contributed by atoms with Crippen LogP contribution in [0.25, 0.3) is 0 Å². The first-order chi connectivity index (χ1) is 18.6. The number of aliphatic hydroxyl groups excluding tert-OH is 1. The van der Waals surface area contributed by atoms with E-state index in [0.717, 1.165) is 54.7 Å². The van der Waals surface area contributed by atoms with Gasteiger partial charge in [-0.1, -0.05) is 34.6 Å². The zero-order valence-corrected chi connectivity index (χ0v) is 26.2. The quantitative estimate of drug-likeness (QED) is 0.332. The minimum absolute atomic E-state index is 0.0336. The second kappa shape index (κ2) is 10.8. The first-order valence-corrected chi connectivity index (χ1v) is 17.5. The molecule has 4 saturated carbocycles. The van der Waals surface area contributed by atoms with Crippen LogP contribution < -0.4 is 5.32 Å². The number of ketones is 1. The van der Waals surface area contributed by atoms with E-state index in [4.69, 9.17) is 0 Å². The lowest BCUT2D eigenvalue weighted by Gasteiger charge is -2.61. The molecule has 5 rings (SSSR count). The molecular formula is C31H47NO6S2. The van der Waals surface area contributed by atoms with Gasteiger partial charge in [0.2, 0.25) is 5.91 Å². The molecule has 40 heavy (non-hydrogen) atoms. The number of rotatable bonds is 7. The van der Waals surface area contributed by atoms with E-state index in [2.05, 4.69) is 26.1 Å². The van der Waals surface area contributed by atoms with Crippen molar-refractivity contribution in [2.75, 3.05) is 0 Å². The molecule has 1 aromatic heterocycles. The summed E-state index contributed by atoms with van der Waals surface area (Å²) in [6.45, 7) is 11.0. The fourth-order valence-corrected chi connectivity index (χ4v) is 11.8. The summed E-state index contributed by atoms with van der Waals surface area (Å²) in [6, 6.07) is 2.74. The van der Waals surface area contributed by atoms with Crippen LogP contribution in [0.2, 0.25) is 0 Å². The molecule has 3 N–H and O–H groups in total. The van der Waals surface area contributed by atoms with Crippen LogP contribution in [0.15, 0.2) is 16.3 Å². The lowest BCUT2D eigenvalue weighted by atomic mass is 9.44. The third-order valence-electron chi connectivity index (χ3n) is 11.9. The second-order valence-corrected chi connectivity index (χ2v) is 17.1. The van der Waals surface area contributed by atoms with Crippen molar-refractivity contribution in [3.8, 4) is 0 Å². The Morgan fingerprint density at radius 3 is 2.45 bits per heavy atom. The van der Waals surface area contributed by atoms with E-state index in [9.17, 15) is 27.7 Å². The number of thiophene rings is 1. The van der Waals surface area contributed by atoms with Gasteiger partial charge in [0.1, 0.15) is 9.99 Å². The van der Waals surface area contributed by atoms with Gasteiger partial charge in [-0.25, -0.2) is 0 Å². The SMILES string of the molecule is CC(C)[C@H](NC(=O)C[C@@H](C)C1CC[C@H]2C3[C@H](O)CC4CC(=O)CCC4(C)[C@H]3CCC12C)c1ccc(S(=O)(=O)O)s1. The van der Waals surface area contributed by atoms with Crippen molar-refractivity contribution < 1.29 is 27.7 Å². The maximum atomic E-state index is 13.3. The molecule has 4 aliphatic carbocycles. The summed E-state index contributed by atoms with van der Waals surface area (Å²) >= 11 is 1.000. The highest BCUT2D eigenvalue weighted by Gasteiger charge is 2.63. The Kier molecular flexibility index (Phi) is 8.12. The van der Waals surface area contributed by atoms with Gasteiger partial charge in [0.25, 0.3) is 0 Å². The first-order valence-electron chi connectivity index (χ1n) is 15.2. The van der Waals surface area contributed by atoms with Crippen LogP contribution in [0, 0.1) is 52.3 Å². The summed E-state index contributed by atoms with van der Waals surface area (Å²) in [5.74, 6) is 2.47. The third-order valence-corrected chi connectivity index (χ3v) is 14.4. The molecule has 4 aliphatic rings. The van der Waals surface area contributed by atoms with Gasteiger partial charge < -0.3 is 10.4 Å². The smallest absolute Gasteiger partial charge is 0.304 e. The number of amides is 1. The van der Waals surface area contributed by atoms with Crippen LogP contribution in [0.3, 0.4) is 0 Å². The highest BCUT2D eigenvalue weighted by atomic mass is 32.3. The predicted molar refractivity (Wildman–Crippen MR) is 155 cm³/mol. The topological polar surface area (TPSA) is 121 Å². The summed E-state index contributed by atoms with van der Waals surface area (Å²) in [7, 11) is -4.27. The number of nitrogens with one attached hydrogen (secondary N) is 1. The van der Waals surface area contributed by atoms with Crippen LogP contribution in [-0.2, 0) is 19.7 Å². The van der Waals surface area contributed by atoms with E-state index in [1.807, 2.05) is 13.8 Å². The van der Waals surface area contributed by atoms with Gasteiger partial charge in [0.05, 0.1) is 12.1 Å². The molecule has 0 radical (unpaired) electrons. The largest absolute Gasteiger partial charge is 0.393 e. The minimum atomic E-state index is -4.27. The summed E-state index contributed by atoms with van der Waals surface area (Å²) in [4.78, 5) is 26.3. The molecule has 5 unspecified atom stereocenters. The average molecular weight is 594 g/mol. The maximum Gasteiger partial charge on any atom is 0.304 e. The number of Topliss-reactive ketones (excluding diaryl/α,β-unsaturated/α-hetero) is 1. The van der Waals surface area contributed by atoms with Crippen molar-refractivity contribution in [1.82, 2.24) is 5.32 Å². The Bertz CT molecular complexity index is 1240. The van der Waals surface area contributed by atoms with Gasteiger partial charge in [-0.05, 0) is 103 Å². The van der Waals surface area contributed by atoms with Gasteiger partial charge in [-0.2, -0.15) is 8.42 Å². The molecule has 10 atom stereocenters. The summed E-state index contributed by atoms with van der Waals surface area (Å²) in [5.41, 5.74) is 0.233. The number of hydrogen-bond acceptors (Lipinski definition) is 6.